The lowest BCUT2D eigenvalue weighted by atomic mass is 10.1. The molecule has 1 heterocycles. The van der Waals surface area contributed by atoms with E-state index < -0.39 is 21.7 Å². The Morgan fingerprint density at radius 3 is 2.76 bits per heavy atom. The van der Waals surface area contributed by atoms with E-state index >= 15 is 0 Å². The third kappa shape index (κ3) is 5.27. The van der Waals surface area contributed by atoms with Gasteiger partial charge in [0.25, 0.3) is 15.9 Å². The van der Waals surface area contributed by atoms with Crippen molar-refractivity contribution in [3.63, 3.8) is 0 Å². The summed E-state index contributed by atoms with van der Waals surface area (Å²) in [5.74, 6) is -1.33. The highest BCUT2D eigenvalue weighted by Gasteiger charge is 2.23. The molecule has 2 aromatic carbocycles. The molecule has 8 nitrogen and oxygen atoms in total. The largest absolute Gasteiger partial charge is 0.507 e. The Morgan fingerprint density at radius 2 is 1.97 bits per heavy atom. The number of benzene rings is 2. The zero-order chi connectivity index (χ0) is 20.9. The summed E-state index contributed by atoms with van der Waals surface area (Å²) in [5.41, 5.74) is 6.47. The Hall–Kier alpha value is -3.04. The summed E-state index contributed by atoms with van der Waals surface area (Å²) in [6, 6.07) is 9.30. The van der Waals surface area contributed by atoms with Gasteiger partial charge in [0.1, 0.15) is 10.6 Å². The van der Waals surface area contributed by atoms with E-state index in [-0.39, 0.29) is 16.1 Å². The molecule has 1 aliphatic heterocycles. The molecule has 1 aliphatic rings. The van der Waals surface area contributed by atoms with Crippen molar-refractivity contribution in [1.29, 1.82) is 0 Å². The van der Waals surface area contributed by atoms with Gasteiger partial charge in [0.15, 0.2) is 0 Å². The number of hydrogen-bond acceptors (Lipinski definition) is 6. The average Bonchev–Trinajstić information content (AvgIpc) is 2.65. The maximum atomic E-state index is 13.0. The number of ether oxygens (including phenoxy) is 1. The van der Waals surface area contributed by atoms with Crippen LogP contribution in [-0.2, 0) is 21.2 Å². The molecule has 1 amide bonds. The lowest BCUT2D eigenvalue weighted by Crippen LogP contribution is -2.19. The van der Waals surface area contributed by atoms with E-state index in [0.717, 1.165) is 18.1 Å². The second-order valence-electron chi connectivity index (χ2n) is 6.54. The Labute approximate surface area is 169 Å². The van der Waals surface area contributed by atoms with Gasteiger partial charge in [-0.1, -0.05) is 24.3 Å². The van der Waals surface area contributed by atoms with Gasteiger partial charge in [-0.3, -0.25) is 9.52 Å². The van der Waals surface area contributed by atoms with Crippen LogP contribution in [0.2, 0.25) is 0 Å². The van der Waals surface area contributed by atoms with Crippen LogP contribution in [0.3, 0.4) is 0 Å². The lowest BCUT2D eigenvalue weighted by molar-refractivity contribution is 0.0997. The smallest absolute Gasteiger partial charge is 0.263 e. The summed E-state index contributed by atoms with van der Waals surface area (Å²) in [7, 11) is -4.07. The van der Waals surface area contributed by atoms with Crippen molar-refractivity contribution < 1.29 is 23.1 Å². The molecule has 0 atom stereocenters. The van der Waals surface area contributed by atoms with E-state index in [1.807, 2.05) is 18.2 Å². The number of hydrogen-bond donors (Lipinski definition) is 4. The Kier molecular flexibility index (Phi) is 6.40. The van der Waals surface area contributed by atoms with E-state index in [1.54, 1.807) is 18.2 Å². The molecular weight excluding hydrogens is 394 g/mol. The third-order valence-electron chi connectivity index (χ3n) is 4.34. The Balaban J connectivity index is 2.05. The SMILES string of the molecule is NC(=O)c1cc2c(cc1O)NCCOCC/C=C/Cc1cccc(c1)NS2(=O)=O. The fourth-order valence-electron chi connectivity index (χ4n) is 2.95. The van der Waals surface area contributed by atoms with Crippen molar-refractivity contribution in [2.45, 2.75) is 17.7 Å². The number of sulfonamides is 1. The van der Waals surface area contributed by atoms with Crippen LogP contribution in [-0.4, -0.2) is 39.2 Å². The minimum absolute atomic E-state index is 0.145. The number of aromatic hydroxyl groups is 1. The number of fused-ring (bicyclic) bond motifs is 3. The maximum Gasteiger partial charge on any atom is 0.263 e. The predicted octanol–water partition coefficient (Wildman–Crippen LogP) is 2.22. The number of amides is 1. The van der Waals surface area contributed by atoms with E-state index in [4.69, 9.17) is 10.5 Å². The molecule has 2 aromatic rings. The molecule has 0 saturated carbocycles. The molecule has 0 saturated heterocycles. The number of carbonyl (C=O) groups excluding carboxylic acids is 1. The molecule has 0 fully saturated rings. The fraction of sp³-hybridized carbons (Fsp3) is 0.250. The van der Waals surface area contributed by atoms with Gasteiger partial charge < -0.3 is 20.9 Å². The highest BCUT2D eigenvalue weighted by atomic mass is 32.2. The average molecular weight is 417 g/mol. The van der Waals surface area contributed by atoms with Crippen molar-refractivity contribution >= 4 is 27.3 Å². The number of allylic oxidation sites excluding steroid dienone is 1. The number of nitrogens with two attached hydrogens (primary N) is 1. The van der Waals surface area contributed by atoms with Gasteiger partial charge in [0, 0.05) is 18.3 Å². The van der Waals surface area contributed by atoms with Crippen LogP contribution >= 0.6 is 0 Å². The highest BCUT2D eigenvalue weighted by molar-refractivity contribution is 7.92. The van der Waals surface area contributed by atoms with Crippen molar-refractivity contribution in [3.05, 3.63) is 59.7 Å². The van der Waals surface area contributed by atoms with Crippen LogP contribution < -0.4 is 15.8 Å². The normalized spacial score (nSPS) is 17.9. The second kappa shape index (κ2) is 8.97. The van der Waals surface area contributed by atoms with Crippen LogP contribution in [0, 0.1) is 0 Å². The number of carbonyl (C=O) groups is 1. The molecule has 0 unspecified atom stereocenters. The Morgan fingerprint density at radius 1 is 1.14 bits per heavy atom. The summed E-state index contributed by atoms with van der Waals surface area (Å²) >= 11 is 0. The maximum absolute atomic E-state index is 13.0. The number of rotatable bonds is 1. The summed E-state index contributed by atoms with van der Waals surface area (Å²) in [4.78, 5) is 11.4. The molecule has 0 radical (unpaired) electrons. The van der Waals surface area contributed by atoms with Gasteiger partial charge in [-0.2, -0.15) is 0 Å². The van der Waals surface area contributed by atoms with Crippen LogP contribution in [0.15, 0.2) is 53.4 Å². The van der Waals surface area contributed by atoms with Crippen molar-refractivity contribution in [2.24, 2.45) is 5.73 Å². The Bertz CT molecular complexity index is 1030. The monoisotopic (exact) mass is 417 g/mol. The first kappa shape index (κ1) is 20.7. The summed E-state index contributed by atoms with van der Waals surface area (Å²) in [5, 5.41) is 13.0. The zero-order valence-corrected chi connectivity index (χ0v) is 16.5. The van der Waals surface area contributed by atoms with Crippen LogP contribution in [0.4, 0.5) is 11.4 Å². The molecule has 0 aromatic heterocycles. The van der Waals surface area contributed by atoms with Gasteiger partial charge in [-0.25, -0.2) is 8.42 Å². The highest BCUT2D eigenvalue weighted by Crippen LogP contribution is 2.31. The minimum atomic E-state index is -4.07. The van der Waals surface area contributed by atoms with Gasteiger partial charge in [0.2, 0.25) is 0 Å². The first-order valence-corrected chi connectivity index (χ1v) is 10.6. The molecule has 154 valence electrons. The topological polar surface area (TPSA) is 131 Å². The standard InChI is InChI=1S/C20H23N3O5S/c21-20(25)16-12-19-17(13-18(16)24)22-8-10-28-9-3-1-2-5-14-6-4-7-15(11-14)23-29(19,26)27/h1-2,4,6-7,11-13,22-24H,3,5,8-10H2,(H2,21,25)/b2-1+. The lowest BCUT2D eigenvalue weighted by Gasteiger charge is -2.16. The van der Waals surface area contributed by atoms with E-state index in [9.17, 15) is 18.3 Å². The molecule has 0 spiro atoms. The van der Waals surface area contributed by atoms with E-state index in [0.29, 0.717) is 31.9 Å². The fourth-order valence-corrected chi connectivity index (χ4v) is 4.19. The first-order valence-electron chi connectivity index (χ1n) is 9.12. The zero-order valence-electron chi connectivity index (χ0n) is 15.7. The number of primary amides is 1. The molecule has 9 heteroatoms. The molecule has 2 bridgehead atoms. The second-order valence-corrected chi connectivity index (χ2v) is 8.19. The minimum Gasteiger partial charge on any atom is -0.507 e. The molecule has 3 rings (SSSR count). The summed E-state index contributed by atoms with van der Waals surface area (Å²) < 4.78 is 34.1. The number of nitrogens with one attached hydrogen (secondary N) is 2. The molecule has 0 aliphatic carbocycles. The van der Waals surface area contributed by atoms with Crippen LogP contribution in [0.25, 0.3) is 0 Å². The van der Waals surface area contributed by atoms with E-state index in [2.05, 4.69) is 10.0 Å². The summed E-state index contributed by atoms with van der Waals surface area (Å²) in [6.07, 6.45) is 5.46. The van der Waals surface area contributed by atoms with Crippen molar-refractivity contribution in [2.75, 3.05) is 29.8 Å². The molecule has 5 N–H and O–H groups in total. The van der Waals surface area contributed by atoms with Gasteiger partial charge in [-0.05, 0) is 36.6 Å². The van der Waals surface area contributed by atoms with Crippen molar-refractivity contribution in [1.82, 2.24) is 0 Å². The van der Waals surface area contributed by atoms with Crippen LogP contribution in [0.5, 0.6) is 5.75 Å². The predicted molar refractivity (Wildman–Crippen MR) is 111 cm³/mol. The molecular formula is C20H23N3O5S. The first-order chi connectivity index (χ1) is 13.9. The molecule has 29 heavy (non-hydrogen) atoms. The van der Waals surface area contributed by atoms with Gasteiger partial charge >= 0.3 is 0 Å². The quantitative estimate of drug-likeness (QED) is 0.526. The van der Waals surface area contributed by atoms with Crippen LogP contribution in [0.1, 0.15) is 22.3 Å². The van der Waals surface area contributed by atoms with Crippen molar-refractivity contribution in [3.8, 4) is 5.75 Å². The third-order valence-corrected chi connectivity index (χ3v) is 5.76. The summed E-state index contributed by atoms with van der Waals surface area (Å²) in [6.45, 7) is 1.20. The van der Waals surface area contributed by atoms with Gasteiger partial charge in [0.05, 0.1) is 24.5 Å². The van der Waals surface area contributed by atoms with E-state index in [1.165, 1.54) is 6.07 Å². The number of phenols is 1. The van der Waals surface area contributed by atoms with Gasteiger partial charge in [-0.15, -0.1) is 0 Å². The number of anilines is 2.